The Kier molecular flexibility index (Phi) is 7.69. The van der Waals surface area contributed by atoms with E-state index in [1.165, 1.54) is 0 Å². The molecule has 0 unspecified atom stereocenters. The molecule has 0 aromatic heterocycles. The minimum atomic E-state index is -3.71. The molecule has 0 amide bonds. The second kappa shape index (κ2) is 8.63. The fourth-order valence-electron chi connectivity index (χ4n) is 3.57. The topological polar surface area (TPSA) is 43.4 Å². The van der Waals surface area contributed by atoms with Crippen molar-refractivity contribution in [2.24, 2.45) is 17.8 Å². The third kappa shape index (κ3) is 6.69. The van der Waals surface area contributed by atoms with Gasteiger partial charge in [0.15, 0.2) is 0 Å². The summed E-state index contributed by atoms with van der Waals surface area (Å²) in [6, 6.07) is 9.62. The first kappa shape index (κ1) is 21.4. The molecule has 1 rings (SSSR count). The van der Waals surface area contributed by atoms with Gasteiger partial charge in [0.2, 0.25) is 8.32 Å². The minimum Gasteiger partial charge on any atom is -0.311 e. The summed E-state index contributed by atoms with van der Waals surface area (Å²) in [7, 11) is -6.11. The Labute approximate surface area is 150 Å². The lowest BCUT2D eigenvalue weighted by atomic mass is 10.2. The van der Waals surface area contributed by atoms with Crippen LogP contribution in [0.15, 0.2) is 29.2 Å². The van der Waals surface area contributed by atoms with Crippen molar-refractivity contribution in [1.29, 1.82) is 0 Å². The van der Waals surface area contributed by atoms with Gasteiger partial charge < -0.3 is 3.87 Å². The lowest BCUT2D eigenvalue weighted by Crippen LogP contribution is -2.44. The highest BCUT2D eigenvalue weighted by Crippen LogP contribution is 2.35. The summed E-state index contributed by atoms with van der Waals surface area (Å²) in [5.41, 5.74) is 1.05. The number of benzene rings is 1. The van der Waals surface area contributed by atoms with E-state index in [0.29, 0.717) is 17.8 Å². The van der Waals surface area contributed by atoms with Crippen LogP contribution in [0.1, 0.15) is 47.1 Å². The summed E-state index contributed by atoms with van der Waals surface area (Å²) >= 11 is 0. The molecule has 5 heteroatoms. The van der Waals surface area contributed by atoms with Gasteiger partial charge in [0.1, 0.15) is 0 Å². The summed E-state index contributed by atoms with van der Waals surface area (Å²) in [6.07, 6.45) is 0. The normalized spacial score (nSPS) is 13.2. The number of aryl methyl sites for hydroxylation is 1. The third-order valence-corrected chi connectivity index (χ3v) is 11.8. The van der Waals surface area contributed by atoms with Gasteiger partial charge in [-0.05, 0) is 54.9 Å². The third-order valence-electron chi connectivity index (χ3n) is 3.94. The first-order chi connectivity index (χ1) is 11.0. The maximum atomic E-state index is 12.9. The second-order valence-electron chi connectivity index (χ2n) is 8.33. The molecule has 0 aliphatic carbocycles. The monoisotopic (exact) mass is 370 g/mol. The molecule has 24 heavy (non-hydrogen) atoms. The summed E-state index contributed by atoms with van der Waals surface area (Å²) in [5.74, 6) is 1.30. The van der Waals surface area contributed by atoms with Gasteiger partial charge in [-0.15, -0.1) is 0 Å². The van der Waals surface area contributed by atoms with Crippen molar-refractivity contribution in [1.82, 2.24) is 0 Å². The molecule has 0 aliphatic heterocycles. The van der Waals surface area contributed by atoms with Crippen molar-refractivity contribution in [3.63, 3.8) is 0 Å². The molecule has 138 valence electrons. The van der Waals surface area contributed by atoms with Crippen molar-refractivity contribution in [2.75, 3.05) is 0 Å². The predicted octanol–water partition coefficient (Wildman–Crippen LogP) is 5.61. The lowest BCUT2D eigenvalue weighted by molar-refractivity contribution is 0.447. The first-order valence-corrected chi connectivity index (χ1v) is 12.9. The average molecular weight is 371 g/mol. The Bertz CT molecular complexity index is 577. The maximum Gasteiger partial charge on any atom is 0.287 e. The van der Waals surface area contributed by atoms with E-state index in [1.54, 1.807) is 12.1 Å². The number of hydrogen-bond donors (Lipinski definition) is 0. The second-order valence-corrected chi connectivity index (χ2v) is 14.0. The molecule has 1 aromatic rings. The van der Waals surface area contributed by atoms with Crippen LogP contribution in [0.25, 0.3) is 0 Å². The molecular weight excluding hydrogens is 336 g/mol. The van der Waals surface area contributed by atoms with Crippen LogP contribution in [-0.2, 0) is 14.0 Å². The molecule has 0 saturated carbocycles. The lowest BCUT2D eigenvalue weighted by Gasteiger charge is -2.35. The Morgan fingerprint density at radius 2 is 1.21 bits per heavy atom. The first-order valence-electron chi connectivity index (χ1n) is 8.98. The van der Waals surface area contributed by atoms with Gasteiger partial charge in [-0.25, -0.2) is 0 Å². The highest BCUT2D eigenvalue weighted by molar-refractivity contribution is 7.87. The predicted molar refractivity (Wildman–Crippen MR) is 104 cm³/mol. The van der Waals surface area contributed by atoms with E-state index in [4.69, 9.17) is 3.87 Å². The Balaban J connectivity index is 3.23. The van der Waals surface area contributed by atoms with Gasteiger partial charge in [0.25, 0.3) is 10.1 Å². The minimum absolute atomic E-state index is 0.279. The van der Waals surface area contributed by atoms with Crippen LogP contribution in [0.2, 0.25) is 18.1 Å². The van der Waals surface area contributed by atoms with Gasteiger partial charge in [-0.3, -0.25) is 0 Å². The highest BCUT2D eigenvalue weighted by atomic mass is 32.2. The quantitative estimate of drug-likeness (QED) is 0.530. The van der Waals surface area contributed by atoms with Crippen molar-refractivity contribution in [3.05, 3.63) is 29.8 Å². The summed E-state index contributed by atoms with van der Waals surface area (Å²) in [6.45, 7) is 14.9. The highest BCUT2D eigenvalue weighted by Gasteiger charge is 2.42. The van der Waals surface area contributed by atoms with E-state index in [1.807, 2.05) is 19.1 Å². The van der Waals surface area contributed by atoms with Crippen LogP contribution in [0.5, 0.6) is 0 Å². The van der Waals surface area contributed by atoms with Crippen molar-refractivity contribution >= 4 is 18.4 Å². The average Bonchev–Trinajstić information content (AvgIpc) is 2.35. The molecule has 1 aromatic carbocycles. The van der Waals surface area contributed by atoms with E-state index in [-0.39, 0.29) is 4.90 Å². The smallest absolute Gasteiger partial charge is 0.287 e. The molecule has 0 bridgehead atoms. The van der Waals surface area contributed by atoms with Gasteiger partial charge in [0, 0.05) is 0 Å². The van der Waals surface area contributed by atoms with Crippen LogP contribution in [-0.4, -0.2) is 16.7 Å². The molecule has 0 spiro atoms. The van der Waals surface area contributed by atoms with Crippen LogP contribution in [0.3, 0.4) is 0 Å². The van der Waals surface area contributed by atoms with E-state index >= 15 is 0 Å². The molecule has 0 saturated heterocycles. The maximum absolute atomic E-state index is 12.9. The Morgan fingerprint density at radius 3 is 1.54 bits per heavy atom. The Morgan fingerprint density at radius 1 is 0.833 bits per heavy atom. The van der Waals surface area contributed by atoms with Crippen molar-refractivity contribution < 1.29 is 12.3 Å². The van der Waals surface area contributed by atoms with E-state index < -0.39 is 18.4 Å². The summed E-state index contributed by atoms with van der Waals surface area (Å²) in [5, 5.41) is 0. The molecule has 0 N–H and O–H groups in total. The van der Waals surface area contributed by atoms with E-state index in [0.717, 1.165) is 23.7 Å². The van der Waals surface area contributed by atoms with Crippen LogP contribution in [0, 0.1) is 24.7 Å². The SMILES string of the molecule is Cc1ccc(S(=O)(=O)O[Si](CC(C)C)(CC(C)C)CC(C)C)cc1. The van der Waals surface area contributed by atoms with Crippen molar-refractivity contribution in [3.8, 4) is 0 Å². The molecule has 0 atom stereocenters. The summed E-state index contributed by atoms with van der Waals surface area (Å²) < 4.78 is 31.9. The molecule has 0 heterocycles. The standard InChI is InChI=1S/C19H34O3SSi/c1-15(2)12-24(13-16(3)4,14-17(5)6)22-23(20,21)19-10-8-18(7)9-11-19/h8-11,15-17H,12-14H2,1-7H3. The van der Waals surface area contributed by atoms with Crippen LogP contribution < -0.4 is 0 Å². The van der Waals surface area contributed by atoms with E-state index in [9.17, 15) is 8.42 Å². The van der Waals surface area contributed by atoms with Gasteiger partial charge in [-0.1, -0.05) is 59.2 Å². The van der Waals surface area contributed by atoms with Crippen LogP contribution >= 0.6 is 0 Å². The molecule has 0 fully saturated rings. The molecule has 0 radical (unpaired) electrons. The fraction of sp³-hybridized carbons (Fsp3) is 0.684. The van der Waals surface area contributed by atoms with Crippen LogP contribution in [0.4, 0.5) is 0 Å². The molecule has 0 aliphatic rings. The van der Waals surface area contributed by atoms with Gasteiger partial charge in [-0.2, -0.15) is 8.42 Å². The Hall–Kier alpha value is -0.653. The zero-order valence-corrected chi connectivity index (χ0v) is 18.1. The van der Waals surface area contributed by atoms with E-state index in [2.05, 4.69) is 41.5 Å². The molecular formula is C19H34O3SSi. The fourth-order valence-corrected chi connectivity index (χ4v) is 12.1. The zero-order chi connectivity index (χ0) is 18.5. The van der Waals surface area contributed by atoms with Gasteiger partial charge >= 0.3 is 0 Å². The molecule has 3 nitrogen and oxygen atoms in total. The number of rotatable bonds is 9. The zero-order valence-electron chi connectivity index (χ0n) is 16.3. The largest absolute Gasteiger partial charge is 0.311 e. The van der Waals surface area contributed by atoms with Crippen molar-refractivity contribution in [2.45, 2.75) is 71.5 Å². The number of hydrogen-bond acceptors (Lipinski definition) is 3. The van der Waals surface area contributed by atoms with Gasteiger partial charge in [0.05, 0.1) is 4.90 Å². The summed E-state index contributed by atoms with van der Waals surface area (Å²) in [4.78, 5) is 0.279.